The molecule has 0 heterocycles. The van der Waals surface area contributed by atoms with Gasteiger partial charge in [0, 0.05) is 0 Å². The summed E-state index contributed by atoms with van der Waals surface area (Å²) in [6.07, 6.45) is -2.44. The van der Waals surface area contributed by atoms with Crippen molar-refractivity contribution in [3.8, 4) is 0 Å². The zero-order valence-corrected chi connectivity index (χ0v) is 41.1. The third-order valence-corrected chi connectivity index (χ3v) is 10.9. The third kappa shape index (κ3) is 32.3. The van der Waals surface area contributed by atoms with Gasteiger partial charge in [-0.1, -0.05) is 62.3 Å². The molecule has 6 unspecified atom stereocenters. The smallest absolute Gasteiger partial charge is 0.404 e. The molecule has 0 aromatic carbocycles. The fourth-order valence-electron chi connectivity index (χ4n) is 2.66. The normalized spacial score (nSPS) is 14.7. The molecule has 0 spiro atoms. The van der Waals surface area contributed by atoms with E-state index in [9.17, 15) is 56.3 Å². The fourth-order valence-corrected chi connectivity index (χ4v) is 2.66. The minimum Gasteiger partial charge on any atom is -0.481 e. The average Bonchev–Trinajstić information content (AvgIpc) is 3.21. The van der Waals surface area contributed by atoms with Crippen LogP contribution in [-0.2, 0) is 47.9 Å². The van der Waals surface area contributed by atoms with Gasteiger partial charge < -0.3 is 50.7 Å². The van der Waals surface area contributed by atoms with Gasteiger partial charge in [-0.2, -0.15) is 13.2 Å². The van der Waals surface area contributed by atoms with E-state index in [1.807, 2.05) is 34.6 Å². The van der Waals surface area contributed by atoms with Crippen LogP contribution in [0.25, 0.3) is 0 Å². The second-order valence-electron chi connectivity index (χ2n) is 16.8. The minimum absolute atomic E-state index is 0.134. The van der Waals surface area contributed by atoms with Gasteiger partial charge in [0.1, 0.15) is 0 Å². The summed E-state index contributed by atoms with van der Waals surface area (Å²) >= 11 is 0. The van der Waals surface area contributed by atoms with Crippen LogP contribution in [0, 0.1) is 44.8 Å². The molecule has 0 fully saturated rings. The van der Waals surface area contributed by atoms with Crippen molar-refractivity contribution < 1.29 is 107 Å². The van der Waals surface area contributed by atoms with Crippen LogP contribution in [0.2, 0.25) is 0 Å². The van der Waals surface area contributed by atoms with E-state index in [1.54, 1.807) is 34.6 Å². The second-order valence-corrected chi connectivity index (χ2v) is 16.8. The van der Waals surface area contributed by atoms with Crippen molar-refractivity contribution in [3.63, 3.8) is 0 Å². The van der Waals surface area contributed by atoms with Crippen molar-refractivity contribution in [2.75, 3.05) is 13.7 Å². The predicted molar refractivity (Wildman–Crippen MR) is 232 cm³/mol. The quantitative estimate of drug-likeness (QED) is 0.0585. The maximum Gasteiger partial charge on any atom is 0.404 e. The number of carboxylic acids is 8. The Bertz CT molecular complexity index is 1450. The first-order chi connectivity index (χ1) is 28.9. The summed E-state index contributed by atoms with van der Waals surface area (Å²) in [5, 5.41) is 75.6. The van der Waals surface area contributed by atoms with Crippen LogP contribution in [0.15, 0.2) is 0 Å². The fraction of sp³-hybridized carbons (Fsp3) is 0.791. The zero-order valence-electron chi connectivity index (χ0n) is 41.1. The van der Waals surface area contributed by atoms with Crippen molar-refractivity contribution >= 4 is 53.7 Å². The molecule has 0 aromatic heterocycles. The van der Waals surface area contributed by atoms with Gasteiger partial charge >= 0.3 is 59.9 Å². The van der Waals surface area contributed by atoms with Crippen LogP contribution >= 0.6 is 0 Å². The number of ether oxygens (including phenoxy) is 1. The summed E-state index contributed by atoms with van der Waals surface area (Å²) in [6, 6.07) is 0. The molecule has 0 bridgehead atoms. The number of hydrogen-bond acceptors (Lipinski definition) is 11. The monoisotopic (exact) mass is 957 g/mol. The van der Waals surface area contributed by atoms with E-state index in [-0.39, 0.29) is 30.3 Å². The predicted octanol–water partition coefficient (Wildman–Crippen LogP) is 8.14. The lowest BCUT2D eigenvalue weighted by Gasteiger charge is -2.25. The molecule has 0 saturated heterocycles. The van der Waals surface area contributed by atoms with Crippen molar-refractivity contribution in [2.24, 2.45) is 44.8 Å². The Kier molecular flexibility index (Phi) is 39.3. The van der Waals surface area contributed by atoms with E-state index in [0.29, 0.717) is 26.2 Å². The third-order valence-electron chi connectivity index (χ3n) is 10.9. The lowest BCUT2D eigenvalue weighted by atomic mass is 9.84. The molecular formula is C43H79F3O19. The molecule has 22 heteroatoms. The molecule has 386 valence electrons. The van der Waals surface area contributed by atoms with Crippen molar-refractivity contribution in [3.05, 3.63) is 0 Å². The standard InChI is InChI=1S/C7H12O4.C7H14O2.C6H9F3O2.C6H10O4.C6H12O3.C6H12O2.C5H10O2/c1-3-7(2,6(10)11)4-5(8)9;1-5-7(2,3)6(8)9-4;1-3-5(2,4(10)11)6(7,8)9;1-3(5(7)8)4(2)6(9)10;1-3-6(2,4-7)5(8)9;1-4-6(2,3)5(7)8;1-3-4(2)5(6)7/h3-4H2,1-2H3,(H,8,9)(H,10,11);5H2,1-4H3;3H2,1-2H3,(H,10,11);3-4H,1-2H3,(H,7,8)(H,9,10);7H,3-4H2,1-2H3,(H,8,9);4H2,1-3H3,(H,7,8);4H,3H2,1-2H3,(H,6,7). The number of hydrogen-bond donors (Lipinski definition) is 9. The molecule has 0 saturated carbocycles. The number of aliphatic carboxylic acids is 8. The highest BCUT2D eigenvalue weighted by atomic mass is 19.4. The molecule has 9 N–H and O–H groups in total. The second kappa shape index (κ2) is 34.3. The van der Waals surface area contributed by atoms with Gasteiger partial charge in [-0.15, -0.1) is 0 Å². The van der Waals surface area contributed by atoms with Gasteiger partial charge in [-0.05, 0) is 87.0 Å². The molecule has 0 radical (unpaired) electrons. The Morgan fingerprint density at radius 2 is 0.831 bits per heavy atom. The Morgan fingerprint density at radius 1 is 0.492 bits per heavy atom. The highest BCUT2D eigenvalue weighted by Crippen LogP contribution is 2.40. The summed E-state index contributed by atoms with van der Waals surface area (Å²) in [5.41, 5.74) is -5.52. The number of carboxylic acid groups (broad SMARTS) is 8. The number of alkyl halides is 3. The number of esters is 1. The number of methoxy groups -OCH3 is 1. The molecule has 6 atom stereocenters. The van der Waals surface area contributed by atoms with Crippen LogP contribution < -0.4 is 0 Å². The lowest BCUT2D eigenvalue weighted by molar-refractivity contribution is -0.227. The van der Waals surface area contributed by atoms with Crippen LogP contribution in [0.3, 0.4) is 0 Å². The van der Waals surface area contributed by atoms with Gasteiger partial charge in [-0.25, -0.2) is 0 Å². The van der Waals surface area contributed by atoms with E-state index in [4.69, 9.17) is 46.0 Å². The van der Waals surface area contributed by atoms with Crippen molar-refractivity contribution in [2.45, 2.75) is 162 Å². The van der Waals surface area contributed by atoms with E-state index >= 15 is 0 Å². The maximum absolute atomic E-state index is 12.0. The topological polar surface area (TPSA) is 345 Å². The van der Waals surface area contributed by atoms with Crippen LogP contribution in [0.4, 0.5) is 13.2 Å². The van der Waals surface area contributed by atoms with E-state index < -0.39 is 93.8 Å². The van der Waals surface area contributed by atoms with Gasteiger partial charge in [-0.3, -0.25) is 43.2 Å². The molecule has 0 rings (SSSR count). The van der Waals surface area contributed by atoms with Crippen LogP contribution in [0.5, 0.6) is 0 Å². The number of rotatable bonds is 18. The highest BCUT2D eigenvalue weighted by Gasteiger charge is 2.55. The van der Waals surface area contributed by atoms with E-state index in [1.165, 1.54) is 41.7 Å². The number of aliphatic hydroxyl groups is 1. The molecule has 0 aliphatic rings. The molecular weight excluding hydrogens is 877 g/mol. The number of aliphatic hydroxyl groups excluding tert-OH is 1. The van der Waals surface area contributed by atoms with Crippen molar-refractivity contribution in [1.29, 1.82) is 0 Å². The number of carbonyl (C=O) groups excluding carboxylic acids is 1. The summed E-state index contributed by atoms with van der Waals surface area (Å²) in [5.74, 6) is -10.4. The minimum atomic E-state index is -4.67. The van der Waals surface area contributed by atoms with E-state index in [0.717, 1.165) is 12.8 Å². The molecule has 65 heavy (non-hydrogen) atoms. The van der Waals surface area contributed by atoms with Crippen molar-refractivity contribution in [1.82, 2.24) is 0 Å². The van der Waals surface area contributed by atoms with Crippen LogP contribution in [-0.4, -0.2) is 120 Å². The summed E-state index contributed by atoms with van der Waals surface area (Å²) in [6.45, 7) is 25.3. The molecule has 0 aliphatic carbocycles. The molecule has 0 amide bonds. The molecule has 0 aliphatic heterocycles. The van der Waals surface area contributed by atoms with Gasteiger partial charge in [0.2, 0.25) is 0 Å². The van der Waals surface area contributed by atoms with Gasteiger partial charge in [0.05, 0.1) is 59.6 Å². The first-order valence-corrected chi connectivity index (χ1v) is 20.5. The molecule has 19 nitrogen and oxygen atoms in total. The highest BCUT2D eigenvalue weighted by molar-refractivity contribution is 5.81. The number of carbonyl (C=O) groups is 9. The van der Waals surface area contributed by atoms with Crippen LogP contribution in [0.1, 0.15) is 156 Å². The zero-order chi connectivity index (χ0) is 54.3. The first-order valence-electron chi connectivity index (χ1n) is 20.5. The summed E-state index contributed by atoms with van der Waals surface area (Å²) < 4.78 is 40.5. The largest absolute Gasteiger partial charge is 0.481 e. The van der Waals surface area contributed by atoms with Gasteiger partial charge in [0.25, 0.3) is 0 Å². The Labute approximate surface area is 380 Å². The Hall–Kier alpha value is -5.02. The van der Waals surface area contributed by atoms with Gasteiger partial charge in [0.15, 0.2) is 5.41 Å². The summed E-state index contributed by atoms with van der Waals surface area (Å²) in [4.78, 5) is 92.6. The first kappa shape index (κ1) is 74.3. The maximum atomic E-state index is 12.0. The van der Waals surface area contributed by atoms with E-state index in [2.05, 4.69) is 4.74 Å². The Balaban J connectivity index is -0.000000121. The molecule has 0 aromatic rings. The summed E-state index contributed by atoms with van der Waals surface area (Å²) in [7, 11) is 1.42. The SMILES string of the molecule is CC(C(=O)O)C(C)C(=O)O.CCC(C)(C(=O)O)C(F)(F)F.CCC(C)(C)C(=O)O.CCC(C)(C)C(=O)OC.CCC(C)(CC(=O)O)C(=O)O.CCC(C)(CO)C(=O)O.CCC(C)C(=O)O. The number of halogens is 3. The Morgan fingerprint density at radius 3 is 0.877 bits per heavy atom. The lowest BCUT2D eigenvalue weighted by Crippen LogP contribution is -2.41. The average molecular weight is 957 g/mol.